The van der Waals surface area contributed by atoms with Crippen LogP contribution in [0.5, 0.6) is 0 Å². The molecule has 0 amide bonds. The van der Waals surface area contributed by atoms with E-state index in [4.69, 9.17) is 4.98 Å². The van der Waals surface area contributed by atoms with Gasteiger partial charge in [-0.25, -0.2) is 0 Å². The zero-order chi connectivity index (χ0) is 20.9. The van der Waals surface area contributed by atoms with E-state index >= 15 is 0 Å². The van der Waals surface area contributed by atoms with E-state index in [1.165, 1.54) is 32.1 Å². The molecule has 4 aliphatic carbocycles. The fraction of sp³-hybridized carbons (Fsp3) is 0.759. The SMILES string of the molecule is CC1CC2C3=C(CC(C)(C)C3)C3=C(CC(C)(C)C3)C2C1[Si](C)(C)[N-]C(C)(C)C.[CH3-].[CH3-].[CH3-].[Ti+4]. The minimum Gasteiger partial charge on any atom is -0.660 e. The maximum Gasteiger partial charge on any atom is 4.00 e. The Labute approximate surface area is 219 Å². The van der Waals surface area contributed by atoms with E-state index < -0.39 is 8.24 Å². The van der Waals surface area contributed by atoms with E-state index in [1.807, 2.05) is 22.3 Å². The van der Waals surface area contributed by atoms with Crippen LogP contribution in [-0.2, 0) is 21.7 Å². The Morgan fingerprint density at radius 2 is 1.25 bits per heavy atom. The summed E-state index contributed by atoms with van der Waals surface area (Å²) < 4.78 is 0. The number of hydrogen-bond acceptors (Lipinski definition) is 0. The van der Waals surface area contributed by atoms with Crippen molar-refractivity contribution in [3.05, 3.63) is 49.6 Å². The Balaban J connectivity index is 0.00000240. The molecule has 1 nitrogen and oxygen atoms in total. The van der Waals surface area contributed by atoms with Crippen molar-refractivity contribution >= 4 is 8.24 Å². The van der Waals surface area contributed by atoms with Gasteiger partial charge in [-0.05, 0) is 71.8 Å². The molecule has 0 aromatic rings. The molecule has 0 aromatic heterocycles. The molecule has 0 spiro atoms. The largest absolute Gasteiger partial charge is 4.00 e. The Morgan fingerprint density at radius 3 is 1.72 bits per heavy atom. The maximum absolute atomic E-state index is 5.53. The van der Waals surface area contributed by atoms with E-state index in [9.17, 15) is 0 Å². The second-order valence-electron chi connectivity index (χ2n) is 13.9. The van der Waals surface area contributed by atoms with Gasteiger partial charge in [-0.3, -0.25) is 0 Å². The van der Waals surface area contributed by atoms with Crippen LogP contribution in [-0.4, -0.2) is 13.8 Å². The molecule has 0 aliphatic heterocycles. The van der Waals surface area contributed by atoms with Crippen LogP contribution >= 0.6 is 0 Å². The molecule has 182 valence electrons. The van der Waals surface area contributed by atoms with Gasteiger partial charge in [-0.1, -0.05) is 93.4 Å². The fourth-order valence-electron chi connectivity index (χ4n) is 8.02. The topological polar surface area (TPSA) is 14.1 Å². The third-order valence-electron chi connectivity index (χ3n) is 8.14. The van der Waals surface area contributed by atoms with Gasteiger partial charge in [0.25, 0.3) is 0 Å². The first-order valence-corrected chi connectivity index (χ1v) is 14.8. The molecular formula is C29H53NSiTi. The number of rotatable bonds is 2. The van der Waals surface area contributed by atoms with Crippen molar-refractivity contribution in [2.75, 3.05) is 0 Å². The van der Waals surface area contributed by atoms with E-state index in [2.05, 4.69) is 68.5 Å². The summed E-state index contributed by atoms with van der Waals surface area (Å²) in [5, 5.41) is 0. The van der Waals surface area contributed by atoms with Gasteiger partial charge in [0, 0.05) is 0 Å². The van der Waals surface area contributed by atoms with E-state index in [1.54, 1.807) is 0 Å². The molecule has 1 fully saturated rings. The Morgan fingerprint density at radius 1 is 0.812 bits per heavy atom. The fourth-order valence-corrected chi connectivity index (χ4v) is 12.7. The standard InChI is InChI=1S/C26H44NSi.3CH3.Ti/c1-16-11-17-18-12-25(5,6)13-19(18)20-14-26(7,8)15-21(20)22(17)23(16)28(9,10)27-24(2,3)4;;;;/h16-17,22-23H,11-15H2,1-10H3;3*1H3;/q4*-1;+4. The summed E-state index contributed by atoms with van der Waals surface area (Å²) in [6.45, 7) is 24.7. The first-order chi connectivity index (χ1) is 12.6. The molecule has 0 saturated heterocycles. The van der Waals surface area contributed by atoms with E-state index in [0.29, 0.717) is 10.8 Å². The van der Waals surface area contributed by atoms with Crippen molar-refractivity contribution in [3.8, 4) is 0 Å². The summed E-state index contributed by atoms with van der Waals surface area (Å²) in [6.07, 6.45) is 6.74. The van der Waals surface area contributed by atoms with Gasteiger partial charge in [-0.15, -0.1) is 5.54 Å². The van der Waals surface area contributed by atoms with Gasteiger partial charge < -0.3 is 27.3 Å². The third-order valence-corrected chi connectivity index (χ3v) is 11.9. The van der Waals surface area contributed by atoms with Crippen molar-refractivity contribution in [1.82, 2.24) is 0 Å². The van der Waals surface area contributed by atoms with Gasteiger partial charge in [0.1, 0.15) is 0 Å². The van der Waals surface area contributed by atoms with Crippen molar-refractivity contribution < 1.29 is 21.7 Å². The molecule has 3 heteroatoms. The van der Waals surface area contributed by atoms with Crippen LogP contribution in [0.25, 0.3) is 4.98 Å². The molecule has 1 saturated carbocycles. The molecule has 0 radical (unpaired) electrons. The second kappa shape index (κ2) is 9.79. The minimum atomic E-state index is -1.69. The summed E-state index contributed by atoms with van der Waals surface area (Å²) in [5.41, 5.74) is 9.26. The zero-order valence-electron chi connectivity index (χ0n) is 23.8. The predicted molar refractivity (Wildman–Crippen MR) is 144 cm³/mol. The zero-order valence-corrected chi connectivity index (χ0v) is 26.4. The molecule has 32 heavy (non-hydrogen) atoms. The summed E-state index contributed by atoms with van der Waals surface area (Å²) >= 11 is 0. The summed E-state index contributed by atoms with van der Waals surface area (Å²) in [4.78, 5) is 5.53. The van der Waals surface area contributed by atoms with Crippen molar-refractivity contribution in [2.24, 2.45) is 28.6 Å². The molecule has 0 heterocycles. The molecule has 4 aliphatic rings. The Bertz CT molecular complexity index is 750. The van der Waals surface area contributed by atoms with Gasteiger partial charge in [0.05, 0.1) is 0 Å². The molecule has 4 rings (SSSR count). The van der Waals surface area contributed by atoms with Gasteiger partial charge >= 0.3 is 21.7 Å². The quantitative estimate of drug-likeness (QED) is 0.270. The summed E-state index contributed by atoms with van der Waals surface area (Å²) in [6, 6.07) is 0. The second-order valence-corrected chi connectivity index (χ2v) is 18.0. The third kappa shape index (κ3) is 5.60. The normalized spacial score (nSPS) is 32.1. The molecule has 4 unspecified atom stereocenters. The molecular weight excluding hydrogens is 438 g/mol. The number of hydrogen-bond donors (Lipinski definition) is 0. The van der Waals surface area contributed by atoms with Crippen LogP contribution in [0.4, 0.5) is 0 Å². The maximum atomic E-state index is 5.53. The smallest absolute Gasteiger partial charge is 0.660 e. The van der Waals surface area contributed by atoms with Crippen LogP contribution in [0.15, 0.2) is 22.3 Å². The predicted octanol–water partition coefficient (Wildman–Crippen LogP) is 9.60. The molecule has 0 bridgehead atoms. The molecule has 4 atom stereocenters. The van der Waals surface area contributed by atoms with Crippen LogP contribution in [0.3, 0.4) is 0 Å². The van der Waals surface area contributed by atoms with Gasteiger partial charge in [0.2, 0.25) is 0 Å². The first-order valence-electron chi connectivity index (χ1n) is 11.8. The van der Waals surface area contributed by atoms with Gasteiger partial charge in [0.15, 0.2) is 0 Å². The van der Waals surface area contributed by atoms with Crippen LogP contribution in [0, 0.1) is 50.9 Å². The monoisotopic (exact) mass is 491 g/mol. The molecule has 0 N–H and O–H groups in total. The number of fused-ring (bicyclic) bond motifs is 4. The Kier molecular flexibility index (Phi) is 9.90. The van der Waals surface area contributed by atoms with Crippen molar-refractivity contribution in [2.45, 2.75) is 112 Å². The summed E-state index contributed by atoms with van der Waals surface area (Å²) in [7, 11) is -1.69. The first kappa shape index (κ1) is 32.4. The van der Waals surface area contributed by atoms with Crippen molar-refractivity contribution in [3.63, 3.8) is 0 Å². The average molecular weight is 492 g/mol. The van der Waals surface area contributed by atoms with E-state index in [0.717, 1.165) is 23.3 Å². The average Bonchev–Trinajstić information content (AvgIpc) is 3.06. The van der Waals surface area contributed by atoms with Crippen LogP contribution in [0.1, 0.15) is 87.5 Å². The Hall–Kier alpha value is 0.371. The molecule has 0 aromatic carbocycles. The van der Waals surface area contributed by atoms with E-state index in [-0.39, 0.29) is 49.5 Å². The summed E-state index contributed by atoms with van der Waals surface area (Å²) in [5.74, 6) is 2.44. The van der Waals surface area contributed by atoms with Crippen LogP contribution in [0.2, 0.25) is 18.6 Å². The number of nitrogens with zero attached hydrogens (tertiary/aromatic N) is 1. The number of allylic oxidation sites excluding steroid dienone is 4. The van der Waals surface area contributed by atoms with Gasteiger partial charge in [-0.2, -0.15) is 0 Å². The minimum absolute atomic E-state index is 0. The van der Waals surface area contributed by atoms with Crippen LogP contribution < -0.4 is 0 Å². The van der Waals surface area contributed by atoms with Crippen molar-refractivity contribution in [1.29, 1.82) is 0 Å².